The summed E-state index contributed by atoms with van der Waals surface area (Å²) in [5, 5.41) is 13.5. The molecule has 0 aromatic carbocycles. The number of hydroxylamine groups is 3. The van der Waals surface area contributed by atoms with E-state index in [1.807, 2.05) is 0 Å². The summed E-state index contributed by atoms with van der Waals surface area (Å²) in [6.07, 6.45) is 0. The monoisotopic (exact) mass is 349 g/mol. The van der Waals surface area contributed by atoms with Gasteiger partial charge >= 0.3 is 0 Å². The molecule has 0 bridgehead atoms. The molecule has 0 N–H and O–H groups in total. The van der Waals surface area contributed by atoms with E-state index in [2.05, 4.69) is 0 Å². The van der Waals surface area contributed by atoms with Gasteiger partial charge in [-0.3, -0.25) is 4.65 Å². The summed E-state index contributed by atoms with van der Waals surface area (Å²) < 4.78 is -1.01. The molecule has 0 fully saturated rings. The molecule has 0 aromatic rings. The standard InChI is InChI=1S/C9HCl6NO/c10-1-2(11)8-5(14)6(15)9-4(13)3(12)7(1)16(8,9)17/h7H. The van der Waals surface area contributed by atoms with Crippen molar-refractivity contribution >= 4 is 69.6 Å². The maximum atomic E-state index is 12.9. The molecule has 3 rings (SSSR count). The number of hydrogen-bond acceptors (Lipinski definition) is 1. The number of quaternary nitrogens is 1. The van der Waals surface area contributed by atoms with E-state index in [4.69, 9.17) is 69.6 Å². The number of hydrogen-bond donors (Lipinski definition) is 0. The molecule has 0 spiro atoms. The van der Waals surface area contributed by atoms with Crippen molar-refractivity contribution < 1.29 is 4.65 Å². The first-order valence-electron chi connectivity index (χ1n) is 4.35. The van der Waals surface area contributed by atoms with E-state index in [1.54, 1.807) is 0 Å². The highest BCUT2D eigenvalue weighted by Gasteiger charge is 2.61. The van der Waals surface area contributed by atoms with E-state index in [0.717, 1.165) is 0 Å². The van der Waals surface area contributed by atoms with Crippen LogP contribution in [-0.2, 0) is 0 Å². The average molecular weight is 352 g/mol. The van der Waals surface area contributed by atoms with Crippen LogP contribution in [-0.4, -0.2) is 10.7 Å². The summed E-state index contributed by atoms with van der Waals surface area (Å²) >= 11 is 36.0. The summed E-state index contributed by atoms with van der Waals surface area (Å²) in [4.78, 5) is 0. The Morgan fingerprint density at radius 3 is 1.41 bits per heavy atom. The first kappa shape index (κ1) is 12.6. The zero-order valence-electron chi connectivity index (χ0n) is 7.70. The lowest BCUT2D eigenvalue weighted by Gasteiger charge is -2.38. The van der Waals surface area contributed by atoms with Gasteiger partial charge in [0.1, 0.15) is 30.2 Å². The van der Waals surface area contributed by atoms with Gasteiger partial charge in [-0.2, -0.15) is 0 Å². The fourth-order valence-corrected chi connectivity index (χ4v) is 4.34. The van der Waals surface area contributed by atoms with Crippen LogP contribution in [0, 0.1) is 5.21 Å². The predicted molar refractivity (Wildman–Crippen MR) is 70.6 cm³/mol. The van der Waals surface area contributed by atoms with E-state index >= 15 is 0 Å². The summed E-state index contributed by atoms with van der Waals surface area (Å²) in [7, 11) is 0. The van der Waals surface area contributed by atoms with E-state index in [9.17, 15) is 5.21 Å². The highest BCUT2D eigenvalue weighted by molar-refractivity contribution is 6.50. The Kier molecular flexibility index (Phi) is 2.67. The van der Waals surface area contributed by atoms with E-state index in [-0.39, 0.29) is 41.6 Å². The maximum absolute atomic E-state index is 12.9. The third-order valence-corrected chi connectivity index (χ3v) is 5.53. The Morgan fingerprint density at radius 2 is 1.06 bits per heavy atom. The van der Waals surface area contributed by atoms with Crippen LogP contribution in [0.2, 0.25) is 0 Å². The molecule has 0 saturated carbocycles. The molecule has 0 amide bonds. The molecule has 0 saturated heterocycles. The summed E-state index contributed by atoms with van der Waals surface area (Å²) in [6.45, 7) is 0. The Balaban J connectivity index is 2.44. The molecule has 0 aromatic heterocycles. The lowest BCUT2D eigenvalue weighted by Crippen LogP contribution is -2.40. The fraction of sp³-hybridized carbons (Fsp3) is 0.111. The topological polar surface area (TPSA) is 23.1 Å². The van der Waals surface area contributed by atoms with E-state index in [1.165, 1.54) is 0 Å². The Hall–Kier alpha value is 0.620. The van der Waals surface area contributed by atoms with Crippen molar-refractivity contribution in [2.45, 2.75) is 6.04 Å². The van der Waals surface area contributed by atoms with Crippen molar-refractivity contribution in [2.24, 2.45) is 0 Å². The van der Waals surface area contributed by atoms with Crippen molar-refractivity contribution in [3.8, 4) is 0 Å². The van der Waals surface area contributed by atoms with Crippen LogP contribution in [0.25, 0.3) is 0 Å². The summed E-state index contributed by atoms with van der Waals surface area (Å²) in [5.41, 5.74) is 0.217. The fourth-order valence-electron chi connectivity index (χ4n) is 2.25. The third-order valence-electron chi connectivity index (χ3n) is 2.95. The molecule has 0 aliphatic carbocycles. The highest BCUT2D eigenvalue weighted by atomic mass is 35.5. The summed E-state index contributed by atoms with van der Waals surface area (Å²) in [5.74, 6) is 0. The second-order valence-corrected chi connectivity index (χ2v) is 6.04. The van der Waals surface area contributed by atoms with Crippen LogP contribution in [0.1, 0.15) is 0 Å². The molecule has 3 heterocycles. The van der Waals surface area contributed by atoms with E-state index in [0.29, 0.717) is 0 Å². The highest BCUT2D eigenvalue weighted by Crippen LogP contribution is 2.63. The van der Waals surface area contributed by atoms with Gasteiger partial charge in [0, 0.05) is 0 Å². The van der Waals surface area contributed by atoms with Gasteiger partial charge in [0.05, 0.1) is 0 Å². The largest absolute Gasteiger partial charge is 0.621 e. The van der Waals surface area contributed by atoms with Crippen LogP contribution in [0.3, 0.4) is 0 Å². The SMILES string of the molecule is [O-][N+]12C3=C(Cl)C(Cl)=C1C(Cl)=C(Cl)C2C(Cl)=C3Cl. The lowest BCUT2D eigenvalue weighted by molar-refractivity contribution is -0.799. The van der Waals surface area contributed by atoms with Crippen LogP contribution in [0.15, 0.2) is 41.6 Å². The van der Waals surface area contributed by atoms with Gasteiger partial charge in [-0.25, -0.2) is 0 Å². The van der Waals surface area contributed by atoms with Gasteiger partial charge < -0.3 is 5.21 Å². The molecular weight excluding hydrogens is 351 g/mol. The number of allylic oxidation sites excluding steroid dienone is 4. The van der Waals surface area contributed by atoms with Gasteiger partial charge in [0.2, 0.25) is 0 Å². The second kappa shape index (κ2) is 3.59. The van der Waals surface area contributed by atoms with Crippen LogP contribution >= 0.6 is 69.6 Å². The molecule has 0 radical (unpaired) electrons. The minimum atomic E-state index is -1.01. The first-order valence-corrected chi connectivity index (χ1v) is 6.62. The van der Waals surface area contributed by atoms with Crippen molar-refractivity contribution in [3.63, 3.8) is 0 Å². The Morgan fingerprint density at radius 1 is 0.706 bits per heavy atom. The molecular formula is C9HCl6NO. The molecule has 8 heteroatoms. The number of rotatable bonds is 0. The van der Waals surface area contributed by atoms with Crippen LogP contribution in [0.4, 0.5) is 0 Å². The quantitative estimate of drug-likeness (QED) is 0.445. The molecule has 90 valence electrons. The summed E-state index contributed by atoms with van der Waals surface area (Å²) in [6, 6.07) is -0.881. The van der Waals surface area contributed by atoms with E-state index < -0.39 is 10.7 Å². The minimum Gasteiger partial charge on any atom is -0.621 e. The second-order valence-electron chi connectivity index (χ2n) is 3.71. The van der Waals surface area contributed by atoms with Crippen molar-refractivity contribution in [1.82, 2.24) is 0 Å². The molecule has 2 nitrogen and oxygen atoms in total. The van der Waals surface area contributed by atoms with Gasteiger partial charge in [0.25, 0.3) is 0 Å². The van der Waals surface area contributed by atoms with Crippen molar-refractivity contribution in [3.05, 3.63) is 46.8 Å². The average Bonchev–Trinajstić information content (AvgIpc) is 2.66. The Labute approximate surface area is 126 Å². The van der Waals surface area contributed by atoms with Crippen LogP contribution in [0.5, 0.6) is 0 Å². The zero-order chi connectivity index (χ0) is 12.7. The number of nitrogens with zero attached hydrogens (tertiary/aromatic N) is 1. The zero-order valence-corrected chi connectivity index (χ0v) is 12.2. The van der Waals surface area contributed by atoms with Gasteiger partial charge in [-0.1, -0.05) is 69.6 Å². The normalized spacial score (nSPS) is 35.8. The molecule has 3 aliphatic heterocycles. The van der Waals surface area contributed by atoms with Crippen LogP contribution < -0.4 is 0 Å². The Bertz CT molecular complexity index is 551. The van der Waals surface area contributed by atoms with Gasteiger partial charge in [-0.05, 0) is 0 Å². The number of halogens is 6. The lowest BCUT2D eigenvalue weighted by atomic mass is 10.3. The smallest absolute Gasteiger partial charge is 0.179 e. The maximum Gasteiger partial charge on any atom is 0.179 e. The van der Waals surface area contributed by atoms with Crippen molar-refractivity contribution in [1.29, 1.82) is 0 Å². The predicted octanol–water partition coefficient (Wildman–Crippen LogP) is 4.99. The first-order chi connectivity index (χ1) is 7.83. The minimum absolute atomic E-state index is 0.0737. The van der Waals surface area contributed by atoms with Crippen molar-refractivity contribution in [2.75, 3.05) is 0 Å². The molecule has 0 unspecified atom stereocenters. The molecule has 17 heavy (non-hydrogen) atoms. The molecule has 3 aliphatic rings. The van der Waals surface area contributed by atoms with Gasteiger partial charge in [0.15, 0.2) is 17.4 Å². The van der Waals surface area contributed by atoms with Gasteiger partial charge in [-0.15, -0.1) is 0 Å². The third kappa shape index (κ3) is 1.19. The molecule has 0 atom stereocenters.